The van der Waals surface area contributed by atoms with Gasteiger partial charge >= 0.3 is 5.69 Å². The Hall–Kier alpha value is -4.05. The molecule has 10 nitrogen and oxygen atoms in total. The lowest BCUT2D eigenvalue weighted by Gasteiger charge is -2.16. The number of hydrogen-bond acceptors (Lipinski definition) is 6. The summed E-state index contributed by atoms with van der Waals surface area (Å²) in [6, 6.07) is 12.0. The number of likely N-dealkylation sites (N-methyl/N-ethyl adjacent to an activating group) is 1. The average Bonchev–Trinajstić information content (AvgIpc) is 3.42. The Morgan fingerprint density at radius 3 is 2.78 bits per heavy atom. The summed E-state index contributed by atoms with van der Waals surface area (Å²) >= 11 is 0. The molecule has 0 saturated carbocycles. The molecule has 2 aromatic carbocycles. The molecule has 3 heterocycles. The molecule has 2 aromatic heterocycles. The van der Waals surface area contributed by atoms with Gasteiger partial charge in [-0.1, -0.05) is 12.1 Å². The number of H-pyrrole nitrogens is 2. The number of para-hydroxylation sites is 2. The van der Waals surface area contributed by atoms with Crippen LogP contribution in [0.2, 0.25) is 0 Å². The Balaban J connectivity index is 1.63. The number of aromatic amines is 2. The predicted octanol–water partition coefficient (Wildman–Crippen LogP) is 2.41. The summed E-state index contributed by atoms with van der Waals surface area (Å²) < 4.78 is 0. The van der Waals surface area contributed by atoms with Gasteiger partial charge in [0, 0.05) is 24.7 Å². The van der Waals surface area contributed by atoms with Crippen molar-refractivity contribution in [2.24, 2.45) is 0 Å². The largest absolute Gasteiger partial charge is 0.347 e. The number of nitrogens with zero attached hydrogens (tertiary/aromatic N) is 3. The van der Waals surface area contributed by atoms with Crippen LogP contribution in [-0.2, 0) is 0 Å². The molecule has 0 bridgehead atoms. The van der Waals surface area contributed by atoms with Crippen molar-refractivity contribution in [3.63, 3.8) is 0 Å². The standard InChI is InChI=1S/C22H20N6O4/c1-23-13-8-9-27(11-13)22(30)12-6-7-15-14(10-12)20(28(31)32)18(24-15)19-21(29)26-17-5-3-2-4-16(17)25-19/h2-7,10,13,23-24H,8-9,11H2,1H3,(H,26,29). The molecule has 5 rings (SSSR count). The van der Waals surface area contributed by atoms with E-state index in [1.807, 2.05) is 7.05 Å². The lowest BCUT2D eigenvalue weighted by Crippen LogP contribution is -2.33. The zero-order valence-electron chi connectivity index (χ0n) is 17.2. The van der Waals surface area contributed by atoms with E-state index in [9.17, 15) is 19.7 Å². The molecule has 4 aromatic rings. The maximum atomic E-state index is 13.0. The topological polar surface area (TPSA) is 137 Å². The van der Waals surface area contributed by atoms with Crippen LogP contribution in [0.25, 0.3) is 33.3 Å². The molecule has 162 valence electrons. The first-order chi connectivity index (χ1) is 15.5. The number of amides is 1. The molecule has 0 radical (unpaired) electrons. The average molecular weight is 432 g/mol. The van der Waals surface area contributed by atoms with Crippen LogP contribution in [0, 0.1) is 10.1 Å². The van der Waals surface area contributed by atoms with Gasteiger partial charge in [-0.05, 0) is 43.8 Å². The fourth-order valence-electron chi connectivity index (χ4n) is 4.23. The van der Waals surface area contributed by atoms with Crippen LogP contribution < -0.4 is 10.9 Å². The number of aromatic nitrogens is 3. The highest BCUT2D eigenvalue weighted by Crippen LogP contribution is 2.36. The third kappa shape index (κ3) is 3.21. The second-order valence-corrected chi connectivity index (χ2v) is 7.82. The number of carbonyl (C=O) groups excluding carboxylic acids is 1. The minimum absolute atomic E-state index is 0.0121. The molecule has 3 N–H and O–H groups in total. The van der Waals surface area contributed by atoms with Crippen molar-refractivity contribution in [1.29, 1.82) is 0 Å². The summed E-state index contributed by atoms with van der Waals surface area (Å²) in [6.45, 7) is 1.21. The first-order valence-corrected chi connectivity index (χ1v) is 10.2. The van der Waals surface area contributed by atoms with Crippen LogP contribution in [-0.4, -0.2) is 56.9 Å². The molecule has 1 amide bonds. The van der Waals surface area contributed by atoms with Crippen molar-refractivity contribution < 1.29 is 9.72 Å². The molecule has 0 spiro atoms. The molecule has 1 aliphatic rings. The Bertz CT molecular complexity index is 1440. The first kappa shape index (κ1) is 19.9. The van der Waals surface area contributed by atoms with Gasteiger partial charge in [0.2, 0.25) is 0 Å². The van der Waals surface area contributed by atoms with Gasteiger partial charge in [0.25, 0.3) is 11.5 Å². The van der Waals surface area contributed by atoms with Crippen molar-refractivity contribution in [3.8, 4) is 11.4 Å². The summed E-state index contributed by atoms with van der Waals surface area (Å²) in [5.74, 6) is -0.177. The van der Waals surface area contributed by atoms with Crippen LogP contribution in [0.5, 0.6) is 0 Å². The highest BCUT2D eigenvalue weighted by molar-refractivity contribution is 6.03. The molecular weight excluding hydrogens is 412 g/mol. The number of benzene rings is 2. The molecule has 1 aliphatic heterocycles. The first-order valence-electron chi connectivity index (χ1n) is 10.2. The number of rotatable bonds is 4. The van der Waals surface area contributed by atoms with Crippen molar-refractivity contribution in [2.75, 3.05) is 20.1 Å². The van der Waals surface area contributed by atoms with Crippen LogP contribution in [0.1, 0.15) is 16.8 Å². The zero-order valence-corrected chi connectivity index (χ0v) is 17.2. The molecule has 0 aliphatic carbocycles. The van der Waals surface area contributed by atoms with Crippen LogP contribution in [0.3, 0.4) is 0 Å². The fraction of sp³-hybridized carbons (Fsp3) is 0.227. The van der Waals surface area contributed by atoms with Crippen molar-refractivity contribution in [2.45, 2.75) is 12.5 Å². The van der Waals surface area contributed by atoms with E-state index < -0.39 is 10.5 Å². The van der Waals surface area contributed by atoms with E-state index in [2.05, 4.69) is 20.3 Å². The maximum Gasteiger partial charge on any atom is 0.304 e. The minimum atomic E-state index is -0.550. The maximum absolute atomic E-state index is 13.0. The van der Waals surface area contributed by atoms with Gasteiger partial charge in [0.05, 0.1) is 26.9 Å². The summed E-state index contributed by atoms with van der Waals surface area (Å²) in [5.41, 5.74) is 0.990. The van der Waals surface area contributed by atoms with Gasteiger partial charge in [0.15, 0.2) is 5.69 Å². The van der Waals surface area contributed by atoms with Crippen LogP contribution in [0.4, 0.5) is 5.69 Å². The normalized spacial score (nSPS) is 16.2. The predicted molar refractivity (Wildman–Crippen MR) is 120 cm³/mol. The SMILES string of the molecule is CNC1CCN(C(=O)c2ccc3[nH]c(-c4nc5ccccc5[nH]c4=O)c([N+](=O)[O-])c3c2)C1. The van der Waals surface area contributed by atoms with E-state index in [0.717, 1.165) is 6.42 Å². The molecule has 1 fully saturated rings. The number of fused-ring (bicyclic) bond motifs is 2. The van der Waals surface area contributed by atoms with Crippen molar-refractivity contribution in [1.82, 2.24) is 25.2 Å². The molecule has 1 unspecified atom stereocenters. The third-order valence-electron chi connectivity index (χ3n) is 5.92. The smallest absolute Gasteiger partial charge is 0.304 e. The summed E-state index contributed by atoms with van der Waals surface area (Å²) in [4.78, 5) is 48.9. The highest BCUT2D eigenvalue weighted by Gasteiger charge is 2.29. The van der Waals surface area contributed by atoms with E-state index in [4.69, 9.17) is 0 Å². The van der Waals surface area contributed by atoms with E-state index in [0.29, 0.717) is 35.2 Å². The Morgan fingerprint density at radius 1 is 1.22 bits per heavy atom. The summed E-state index contributed by atoms with van der Waals surface area (Å²) in [5, 5.41) is 15.4. The number of likely N-dealkylation sites (tertiary alicyclic amines) is 1. The van der Waals surface area contributed by atoms with Gasteiger partial charge in [-0.3, -0.25) is 19.7 Å². The monoisotopic (exact) mass is 432 g/mol. The Labute approximate surface area is 181 Å². The molecule has 10 heteroatoms. The fourth-order valence-corrected chi connectivity index (χ4v) is 4.23. The molecule has 32 heavy (non-hydrogen) atoms. The Morgan fingerprint density at radius 2 is 2.03 bits per heavy atom. The van der Waals surface area contributed by atoms with E-state index >= 15 is 0 Å². The van der Waals surface area contributed by atoms with Gasteiger partial charge in [-0.2, -0.15) is 0 Å². The van der Waals surface area contributed by atoms with E-state index in [1.54, 1.807) is 41.3 Å². The van der Waals surface area contributed by atoms with Gasteiger partial charge in [-0.15, -0.1) is 0 Å². The van der Waals surface area contributed by atoms with Gasteiger partial charge in [0.1, 0.15) is 5.69 Å². The Kier molecular flexibility index (Phi) is 4.71. The lowest BCUT2D eigenvalue weighted by atomic mass is 10.1. The van der Waals surface area contributed by atoms with E-state index in [1.165, 1.54) is 6.07 Å². The van der Waals surface area contributed by atoms with Crippen molar-refractivity contribution >= 4 is 33.5 Å². The summed E-state index contributed by atoms with van der Waals surface area (Å²) in [6.07, 6.45) is 0.856. The second kappa shape index (κ2) is 7.57. The highest BCUT2D eigenvalue weighted by atomic mass is 16.6. The molecular formula is C22H20N6O4. The number of carbonyl (C=O) groups is 1. The van der Waals surface area contributed by atoms with Crippen LogP contribution >= 0.6 is 0 Å². The molecule has 1 atom stereocenters. The minimum Gasteiger partial charge on any atom is -0.347 e. The van der Waals surface area contributed by atoms with Gasteiger partial charge in [-0.25, -0.2) is 4.98 Å². The van der Waals surface area contributed by atoms with Crippen LogP contribution in [0.15, 0.2) is 47.3 Å². The number of nitro groups is 1. The molecule has 1 saturated heterocycles. The lowest BCUT2D eigenvalue weighted by molar-refractivity contribution is -0.382. The van der Waals surface area contributed by atoms with Crippen molar-refractivity contribution in [3.05, 3.63) is 68.5 Å². The number of nitrogens with one attached hydrogen (secondary N) is 3. The third-order valence-corrected chi connectivity index (χ3v) is 5.92. The quantitative estimate of drug-likeness (QED) is 0.335. The summed E-state index contributed by atoms with van der Waals surface area (Å²) in [7, 11) is 1.86. The second-order valence-electron chi connectivity index (χ2n) is 7.82. The number of hydrogen-bond donors (Lipinski definition) is 3. The van der Waals surface area contributed by atoms with Gasteiger partial charge < -0.3 is 20.2 Å². The zero-order chi connectivity index (χ0) is 22.4. The van der Waals surface area contributed by atoms with E-state index in [-0.39, 0.29) is 34.4 Å².